The van der Waals surface area contributed by atoms with Crippen LogP contribution in [0, 0.1) is 5.92 Å². The highest BCUT2D eigenvalue weighted by Gasteiger charge is 2.28. The molecule has 1 amide bonds. The summed E-state index contributed by atoms with van der Waals surface area (Å²) in [6.45, 7) is 3.37. The molecule has 2 aliphatic rings. The molecule has 2 heterocycles. The van der Waals surface area contributed by atoms with Gasteiger partial charge in [-0.2, -0.15) is 0 Å². The maximum atomic E-state index is 12.5. The van der Waals surface area contributed by atoms with E-state index in [4.69, 9.17) is 0 Å². The van der Waals surface area contributed by atoms with Crippen LogP contribution in [0.15, 0.2) is 24.5 Å². The van der Waals surface area contributed by atoms with Crippen LogP contribution in [0.3, 0.4) is 0 Å². The van der Waals surface area contributed by atoms with Crippen molar-refractivity contribution < 1.29 is 4.79 Å². The van der Waals surface area contributed by atoms with Crippen molar-refractivity contribution in [3.63, 3.8) is 0 Å². The van der Waals surface area contributed by atoms with E-state index in [0.29, 0.717) is 5.91 Å². The molecule has 0 N–H and O–H groups in total. The van der Waals surface area contributed by atoms with Crippen molar-refractivity contribution in [2.24, 2.45) is 13.0 Å². The van der Waals surface area contributed by atoms with Gasteiger partial charge in [0.05, 0.1) is 0 Å². The highest BCUT2D eigenvalue weighted by atomic mass is 16.2. The number of rotatable bonds is 2. The van der Waals surface area contributed by atoms with Crippen LogP contribution in [0.25, 0.3) is 0 Å². The van der Waals surface area contributed by atoms with Gasteiger partial charge in [-0.3, -0.25) is 4.79 Å². The third kappa shape index (κ3) is 2.57. The van der Waals surface area contributed by atoms with Crippen LogP contribution < -0.4 is 4.90 Å². The molecular formula is C15H22N4O. The predicted octanol–water partition coefficient (Wildman–Crippen LogP) is 1.43. The average Bonchev–Trinajstić information content (AvgIpc) is 2.94. The van der Waals surface area contributed by atoms with Gasteiger partial charge in [0.2, 0.25) is 11.9 Å². The van der Waals surface area contributed by atoms with Gasteiger partial charge in [-0.25, -0.2) is 4.98 Å². The minimum Gasteiger partial charge on any atom is -0.339 e. The summed E-state index contributed by atoms with van der Waals surface area (Å²) in [7, 11) is 2.01. The number of hydrogen-bond acceptors (Lipinski definition) is 3. The lowest BCUT2D eigenvalue weighted by molar-refractivity contribution is -0.136. The van der Waals surface area contributed by atoms with Crippen LogP contribution in [0.4, 0.5) is 5.95 Å². The predicted molar refractivity (Wildman–Crippen MR) is 78.5 cm³/mol. The second-order valence-corrected chi connectivity index (χ2v) is 5.63. The van der Waals surface area contributed by atoms with Gasteiger partial charge >= 0.3 is 0 Å². The first kappa shape index (κ1) is 13.2. The fourth-order valence-electron chi connectivity index (χ4n) is 3.07. The van der Waals surface area contributed by atoms with E-state index in [1.807, 2.05) is 28.9 Å². The van der Waals surface area contributed by atoms with Crippen molar-refractivity contribution in [2.75, 3.05) is 31.1 Å². The summed E-state index contributed by atoms with van der Waals surface area (Å²) in [5, 5.41) is 0. The van der Waals surface area contributed by atoms with Crippen molar-refractivity contribution in [1.29, 1.82) is 0 Å². The minimum atomic E-state index is 0.208. The molecule has 1 fully saturated rings. The first-order valence-corrected chi connectivity index (χ1v) is 7.42. The molecule has 1 aliphatic heterocycles. The second kappa shape index (κ2) is 5.69. The first-order valence-electron chi connectivity index (χ1n) is 7.42. The molecule has 0 spiro atoms. The molecule has 3 rings (SSSR count). The van der Waals surface area contributed by atoms with Crippen molar-refractivity contribution in [3.05, 3.63) is 24.5 Å². The second-order valence-electron chi connectivity index (χ2n) is 5.63. The maximum absolute atomic E-state index is 12.5. The highest BCUT2D eigenvalue weighted by molar-refractivity contribution is 5.79. The molecule has 5 heteroatoms. The SMILES string of the molecule is Cn1ccnc1N1CCN(C(=O)C2CC=CCC2)CC1. The van der Waals surface area contributed by atoms with Crippen molar-refractivity contribution >= 4 is 11.9 Å². The molecule has 0 bridgehead atoms. The van der Waals surface area contributed by atoms with Crippen molar-refractivity contribution in [2.45, 2.75) is 19.3 Å². The number of aromatic nitrogens is 2. The Morgan fingerprint density at radius 3 is 2.65 bits per heavy atom. The Bertz CT molecular complexity index is 500. The fraction of sp³-hybridized carbons (Fsp3) is 0.600. The number of piperazine rings is 1. The molecule has 1 atom stereocenters. The Kier molecular flexibility index (Phi) is 3.76. The smallest absolute Gasteiger partial charge is 0.226 e. The molecule has 0 saturated carbocycles. The van der Waals surface area contributed by atoms with E-state index in [1.54, 1.807) is 0 Å². The summed E-state index contributed by atoms with van der Waals surface area (Å²) in [4.78, 5) is 21.1. The quantitative estimate of drug-likeness (QED) is 0.766. The van der Waals surface area contributed by atoms with E-state index >= 15 is 0 Å². The molecule has 1 aromatic heterocycles. The van der Waals surface area contributed by atoms with E-state index < -0.39 is 0 Å². The number of carbonyl (C=O) groups excluding carboxylic acids is 1. The number of anilines is 1. The normalized spacial score (nSPS) is 23.1. The molecule has 1 aliphatic carbocycles. The van der Waals surface area contributed by atoms with E-state index in [9.17, 15) is 4.79 Å². The average molecular weight is 274 g/mol. The number of aryl methyl sites for hydroxylation is 1. The van der Waals surface area contributed by atoms with Crippen LogP contribution in [-0.2, 0) is 11.8 Å². The summed E-state index contributed by atoms with van der Waals surface area (Å²) in [5.41, 5.74) is 0. The van der Waals surface area contributed by atoms with Crippen LogP contribution >= 0.6 is 0 Å². The fourth-order valence-corrected chi connectivity index (χ4v) is 3.07. The lowest BCUT2D eigenvalue weighted by Crippen LogP contribution is -2.51. The molecule has 1 unspecified atom stereocenters. The number of nitrogens with zero attached hydrogens (tertiary/aromatic N) is 4. The van der Waals surface area contributed by atoms with Crippen LogP contribution in [0.2, 0.25) is 0 Å². The molecular weight excluding hydrogens is 252 g/mol. The van der Waals surface area contributed by atoms with Gasteiger partial charge in [0.15, 0.2) is 0 Å². The molecule has 1 aromatic rings. The Morgan fingerprint density at radius 1 is 1.25 bits per heavy atom. The molecule has 0 aromatic carbocycles. The molecule has 0 radical (unpaired) electrons. The molecule has 1 saturated heterocycles. The van der Waals surface area contributed by atoms with E-state index in [0.717, 1.165) is 51.4 Å². The zero-order valence-electron chi connectivity index (χ0n) is 12.0. The standard InChI is InChI=1S/C15H22N4O/c1-17-8-7-16-15(17)19-11-9-18(10-12-19)14(20)13-5-3-2-4-6-13/h2-3,7-8,13H,4-6,9-12H2,1H3. The van der Waals surface area contributed by atoms with Gasteiger partial charge < -0.3 is 14.4 Å². The first-order chi connectivity index (χ1) is 9.75. The maximum Gasteiger partial charge on any atom is 0.226 e. The van der Waals surface area contributed by atoms with Gasteiger partial charge in [-0.15, -0.1) is 0 Å². The van der Waals surface area contributed by atoms with E-state index in [1.165, 1.54) is 0 Å². The van der Waals surface area contributed by atoms with E-state index in [2.05, 4.69) is 22.0 Å². The largest absolute Gasteiger partial charge is 0.339 e. The Morgan fingerprint density at radius 2 is 2.05 bits per heavy atom. The molecule has 5 nitrogen and oxygen atoms in total. The number of allylic oxidation sites excluding steroid dienone is 2. The van der Waals surface area contributed by atoms with Gasteiger partial charge in [-0.1, -0.05) is 12.2 Å². The third-order valence-corrected chi connectivity index (χ3v) is 4.29. The topological polar surface area (TPSA) is 41.4 Å². The number of imidazole rings is 1. The molecule has 20 heavy (non-hydrogen) atoms. The zero-order valence-corrected chi connectivity index (χ0v) is 12.0. The summed E-state index contributed by atoms with van der Waals surface area (Å²) in [6.07, 6.45) is 11.1. The van der Waals surface area contributed by atoms with Crippen molar-refractivity contribution in [3.8, 4) is 0 Å². The van der Waals surface area contributed by atoms with E-state index in [-0.39, 0.29) is 5.92 Å². The lowest BCUT2D eigenvalue weighted by atomic mass is 9.93. The molecule has 108 valence electrons. The third-order valence-electron chi connectivity index (χ3n) is 4.29. The van der Waals surface area contributed by atoms with Gasteiger partial charge in [0, 0.05) is 51.5 Å². The Labute approximate surface area is 119 Å². The van der Waals surface area contributed by atoms with Gasteiger partial charge in [-0.05, 0) is 19.3 Å². The number of amides is 1. The monoisotopic (exact) mass is 274 g/mol. The summed E-state index contributed by atoms with van der Waals surface area (Å²) >= 11 is 0. The summed E-state index contributed by atoms with van der Waals surface area (Å²) < 4.78 is 2.03. The lowest BCUT2D eigenvalue weighted by Gasteiger charge is -2.37. The Hall–Kier alpha value is -1.78. The summed E-state index contributed by atoms with van der Waals surface area (Å²) in [6, 6.07) is 0. The number of carbonyl (C=O) groups is 1. The zero-order chi connectivity index (χ0) is 13.9. The minimum absolute atomic E-state index is 0.208. The van der Waals surface area contributed by atoms with Crippen molar-refractivity contribution in [1.82, 2.24) is 14.5 Å². The van der Waals surface area contributed by atoms with Crippen LogP contribution in [0.5, 0.6) is 0 Å². The van der Waals surface area contributed by atoms with Gasteiger partial charge in [0.1, 0.15) is 0 Å². The Balaban J connectivity index is 1.57. The number of hydrogen-bond donors (Lipinski definition) is 0. The highest BCUT2D eigenvalue weighted by Crippen LogP contribution is 2.22. The summed E-state index contributed by atoms with van der Waals surface area (Å²) in [5.74, 6) is 1.55. The van der Waals surface area contributed by atoms with Gasteiger partial charge in [0.25, 0.3) is 0 Å². The van der Waals surface area contributed by atoms with Crippen LogP contribution in [0.1, 0.15) is 19.3 Å². The van der Waals surface area contributed by atoms with Crippen LogP contribution in [-0.4, -0.2) is 46.5 Å².